The van der Waals surface area contributed by atoms with Crippen LogP contribution in [0, 0.1) is 0 Å². The molecule has 4 unspecified atom stereocenters. The molecule has 0 aliphatic heterocycles. The van der Waals surface area contributed by atoms with Gasteiger partial charge in [-0.2, -0.15) is 0 Å². The summed E-state index contributed by atoms with van der Waals surface area (Å²) in [7, 11) is 0. The molecule has 0 heterocycles. The van der Waals surface area contributed by atoms with Crippen molar-refractivity contribution in [1.29, 1.82) is 0 Å². The number of nitrogens with one attached hydrogen (secondary N) is 1. The Morgan fingerprint density at radius 2 is 0.642 bits per heavy atom. The molecule has 4 atom stereocenters. The normalized spacial score (nSPS) is 14.0. The highest BCUT2D eigenvalue weighted by molar-refractivity contribution is 5.80. The summed E-state index contributed by atoms with van der Waals surface area (Å²) < 4.78 is 0. The van der Waals surface area contributed by atoms with Crippen LogP contribution in [-0.2, 0) is 4.79 Å². The smallest absolute Gasteiger partial charge is 0.249 e. The van der Waals surface area contributed by atoms with Crippen LogP contribution in [0.4, 0.5) is 0 Å². The van der Waals surface area contributed by atoms with E-state index in [0.717, 1.165) is 38.5 Å². The number of hydrogen-bond donors (Lipinski definition) is 5. The van der Waals surface area contributed by atoms with Gasteiger partial charge in [0.15, 0.2) is 0 Å². The third-order valence-electron chi connectivity index (χ3n) is 11.6. The van der Waals surface area contributed by atoms with Crippen LogP contribution in [0.1, 0.15) is 264 Å². The highest BCUT2D eigenvalue weighted by Gasteiger charge is 2.28. The molecular formula is C47H95NO5. The lowest BCUT2D eigenvalue weighted by atomic mass is 9.99. The SMILES string of the molecule is CCCCCCCCCCCCCCCCCCCCCCCCCC(O)C(O)C(CO)NC(=O)C(O)CCCCCCCCCCCCCCCC. The van der Waals surface area contributed by atoms with Crippen molar-refractivity contribution < 1.29 is 25.2 Å². The first kappa shape index (κ1) is 52.3. The molecule has 0 aliphatic rings. The van der Waals surface area contributed by atoms with Crippen molar-refractivity contribution in [3.8, 4) is 0 Å². The Labute approximate surface area is 330 Å². The Balaban J connectivity index is 3.63. The van der Waals surface area contributed by atoms with Gasteiger partial charge >= 0.3 is 0 Å². The summed E-state index contributed by atoms with van der Waals surface area (Å²) in [6.45, 7) is 4.07. The second-order valence-electron chi connectivity index (χ2n) is 16.8. The zero-order valence-corrected chi connectivity index (χ0v) is 35.8. The number of carbonyl (C=O) groups is 1. The van der Waals surface area contributed by atoms with Gasteiger partial charge in [0.1, 0.15) is 12.2 Å². The van der Waals surface area contributed by atoms with Crippen molar-refractivity contribution in [1.82, 2.24) is 5.32 Å². The third-order valence-corrected chi connectivity index (χ3v) is 11.6. The fraction of sp³-hybridized carbons (Fsp3) is 0.979. The molecule has 53 heavy (non-hydrogen) atoms. The van der Waals surface area contributed by atoms with Gasteiger partial charge in [0.2, 0.25) is 5.91 Å². The lowest BCUT2D eigenvalue weighted by molar-refractivity contribution is -0.132. The lowest BCUT2D eigenvalue weighted by Crippen LogP contribution is -2.53. The summed E-state index contributed by atoms with van der Waals surface area (Å²) in [5.74, 6) is -0.579. The summed E-state index contributed by atoms with van der Waals surface area (Å²) in [6.07, 6.45) is 45.7. The molecule has 0 aromatic rings. The monoisotopic (exact) mass is 754 g/mol. The van der Waals surface area contributed by atoms with Crippen LogP contribution in [0.3, 0.4) is 0 Å². The number of carbonyl (C=O) groups excluding carboxylic acids is 1. The van der Waals surface area contributed by atoms with Gasteiger partial charge in [-0.25, -0.2) is 0 Å². The minimum atomic E-state index is -1.25. The van der Waals surface area contributed by atoms with Gasteiger partial charge in [-0.15, -0.1) is 0 Å². The summed E-state index contributed by atoms with van der Waals surface area (Å²) in [4.78, 5) is 12.5. The molecule has 0 bridgehead atoms. The molecule has 6 nitrogen and oxygen atoms in total. The lowest BCUT2D eigenvalue weighted by Gasteiger charge is -2.27. The topological polar surface area (TPSA) is 110 Å². The quantitative estimate of drug-likeness (QED) is 0.0398. The molecule has 1 amide bonds. The van der Waals surface area contributed by atoms with Gasteiger partial charge in [-0.05, 0) is 12.8 Å². The van der Waals surface area contributed by atoms with Crippen LogP contribution in [0.2, 0.25) is 0 Å². The number of rotatable bonds is 44. The Morgan fingerprint density at radius 3 is 0.906 bits per heavy atom. The maximum absolute atomic E-state index is 12.5. The minimum Gasteiger partial charge on any atom is -0.394 e. The first-order valence-electron chi connectivity index (χ1n) is 23.9. The maximum Gasteiger partial charge on any atom is 0.249 e. The first-order chi connectivity index (χ1) is 26.0. The summed E-state index contributed by atoms with van der Waals surface area (Å²) in [5.41, 5.74) is 0. The number of unbranched alkanes of at least 4 members (excludes halogenated alkanes) is 35. The Bertz CT molecular complexity index is 721. The van der Waals surface area contributed by atoms with Crippen molar-refractivity contribution in [2.75, 3.05) is 6.61 Å². The van der Waals surface area contributed by atoms with E-state index in [0.29, 0.717) is 12.8 Å². The Hall–Kier alpha value is -0.690. The second kappa shape index (κ2) is 42.5. The van der Waals surface area contributed by atoms with E-state index in [1.165, 1.54) is 199 Å². The largest absolute Gasteiger partial charge is 0.394 e. The van der Waals surface area contributed by atoms with E-state index in [2.05, 4.69) is 19.2 Å². The molecule has 0 aliphatic carbocycles. The van der Waals surface area contributed by atoms with E-state index in [-0.39, 0.29) is 0 Å². The first-order valence-corrected chi connectivity index (χ1v) is 23.9. The van der Waals surface area contributed by atoms with E-state index in [9.17, 15) is 25.2 Å². The predicted molar refractivity (Wildman–Crippen MR) is 228 cm³/mol. The average Bonchev–Trinajstić information content (AvgIpc) is 3.16. The zero-order valence-electron chi connectivity index (χ0n) is 35.8. The van der Waals surface area contributed by atoms with Gasteiger partial charge < -0.3 is 25.7 Å². The van der Waals surface area contributed by atoms with Gasteiger partial charge in [0.05, 0.1) is 18.8 Å². The minimum absolute atomic E-state index is 0.375. The standard InChI is InChI=1S/C47H95NO5/c1-3-5-7-9-11-13-15-17-19-20-21-22-23-24-25-26-27-29-30-32-34-36-38-40-44(50)46(52)43(42-49)48-47(53)45(51)41-39-37-35-33-31-28-18-16-14-12-10-8-6-4-2/h43-46,49-52H,3-42H2,1-2H3,(H,48,53). The van der Waals surface area contributed by atoms with Crippen LogP contribution in [0.15, 0.2) is 0 Å². The van der Waals surface area contributed by atoms with E-state index in [1.807, 2.05) is 0 Å². The van der Waals surface area contributed by atoms with Crippen LogP contribution >= 0.6 is 0 Å². The van der Waals surface area contributed by atoms with Crippen molar-refractivity contribution in [3.05, 3.63) is 0 Å². The summed E-state index contributed by atoms with van der Waals surface area (Å²) >= 11 is 0. The van der Waals surface area contributed by atoms with E-state index in [4.69, 9.17) is 0 Å². The zero-order chi connectivity index (χ0) is 38.9. The summed E-state index contributed by atoms with van der Waals surface area (Å²) in [5, 5.41) is 43.8. The molecule has 0 spiro atoms. The van der Waals surface area contributed by atoms with Crippen LogP contribution in [-0.4, -0.2) is 57.3 Å². The van der Waals surface area contributed by atoms with E-state index >= 15 is 0 Å². The second-order valence-corrected chi connectivity index (χ2v) is 16.8. The van der Waals surface area contributed by atoms with Gasteiger partial charge in [0.25, 0.3) is 0 Å². The number of hydrogen-bond acceptors (Lipinski definition) is 5. The average molecular weight is 754 g/mol. The van der Waals surface area contributed by atoms with E-state index in [1.54, 1.807) is 0 Å². The highest BCUT2D eigenvalue weighted by Crippen LogP contribution is 2.18. The fourth-order valence-electron chi connectivity index (χ4n) is 7.76. The third kappa shape index (κ3) is 36.7. The van der Waals surface area contributed by atoms with Crippen LogP contribution < -0.4 is 5.32 Å². The molecule has 0 saturated heterocycles. The molecule has 0 rings (SSSR count). The number of amides is 1. The number of aliphatic hydroxyl groups is 4. The van der Waals surface area contributed by atoms with Crippen molar-refractivity contribution in [2.24, 2.45) is 0 Å². The van der Waals surface area contributed by atoms with E-state index < -0.39 is 36.9 Å². The van der Waals surface area contributed by atoms with Crippen molar-refractivity contribution in [2.45, 2.75) is 289 Å². The van der Waals surface area contributed by atoms with Crippen LogP contribution in [0.25, 0.3) is 0 Å². The molecule has 0 fully saturated rings. The predicted octanol–water partition coefficient (Wildman–Crippen LogP) is 12.8. The molecule has 0 aromatic carbocycles. The maximum atomic E-state index is 12.5. The Kier molecular flexibility index (Phi) is 41.9. The van der Waals surface area contributed by atoms with Crippen LogP contribution in [0.5, 0.6) is 0 Å². The molecule has 0 saturated carbocycles. The highest BCUT2D eigenvalue weighted by atomic mass is 16.3. The molecular weight excluding hydrogens is 659 g/mol. The molecule has 0 aromatic heterocycles. The van der Waals surface area contributed by atoms with Gasteiger partial charge in [-0.1, -0.05) is 251 Å². The molecule has 0 radical (unpaired) electrons. The van der Waals surface area contributed by atoms with Crippen molar-refractivity contribution in [3.63, 3.8) is 0 Å². The molecule has 5 N–H and O–H groups in total. The number of aliphatic hydroxyl groups excluding tert-OH is 4. The van der Waals surface area contributed by atoms with Crippen molar-refractivity contribution >= 4 is 5.91 Å². The molecule has 318 valence electrons. The fourth-order valence-corrected chi connectivity index (χ4v) is 7.76. The molecule has 6 heteroatoms. The van der Waals surface area contributed by atoms with Gasteiger partial charge in [-0.3, -0.25) is 4.79 Å². The summed E-state index contributed by atoms with van der Waals surface area (Å²) in [6, 6.07) is -0.979. The van der Waals surface area contributed by atoms with Gasteiger partial charge in [0, 0.05) is 0 Å². The Morgan fingerprint density at radius 1 is 0.396 bits per heavy atom.